The second kappa shape index (κ2) is 6.60. The van der Waals surface area contributed by atoms with Gasteiger partial charge in [-0.1, -0.05) is 6.07 Å². The third kappa shape index (κ3) is 4.10. The first-order chi connectivity index (χ1) is 10.1. The average molecular weight is 288 g/mol. The summed E-state index contributed by atoms with van der Waals surface area (Å²) in [7, 11) is 0. The van der Waals surface area contributed by atoms with Gasteiger partial charge in [0.1, 0.15) is 5.82 Å². The first kappa shape index (κ1) is 14.6. The van der Waals surface area contributed by atoms with E-state index in [-0.39, 0.29) is 23.6 Å². The number of anilines is 1. The molecule has 0 aliphatic heterocycles. The molecule has 0 unspecified atom stereocenters. The minimum Gasteiger partial charge on any atom is -0.478 e. The van der Waals surface area contributed by atoms with Gasteiger partial charge in [-0.2, -0.15) is 0 Å². The Morgan fingerprint density at radius 1 is 1.29 bits per heavy atom. The quantitative estimate of drug-likeness (QED) is 0.886. The van der Waals surface area contributed by atoms with Crippen LogP contribution in [0.3, 0.4) is 0 Å². The number of halogens is 1. The average Bonchev–Trinajstić information content (AvgIpc) is 2.48. The molecule has 0 fully saturated rings. The number of hydrogen-bond donors (Lipinski definition) is 2. The number of aromatic nitrogens is 1. The number of hydrogen-bond acceptors (Lipinski definition) is 3. The maximum absolute atomic E-state index is 13.0. The molecule has 0 aliphatic rings. The molecule has 0 saturated heterocycles. The first-order valence-electron chi connectivity index (χ1n) is 6.28. The fourth-order valence-corrected chi connectivity index (χ4v) is 1.82. The Morgan fingerprint density at radius 3 is 2.76 bits per heavy atom. The predicted molar refractivity (Wildman–Crippen MR) is 74.5 cm³/mol. The van der Waals surface area contributed by atoms with Gasteiger partial charge < -0.3 is 10.4 Å². The fourth-order valence-electron chi connectivity index (χ4n) is 1.82. The largest absolute Gasteiger partial charge is 0.478 e. The number of benzene rings is 1. The highest BCUT2D eigenvalue weighted by molar-refractivity contribution is 6.00. The van der Waals surface area contributed by atoms with E-state index >= 15 is 0 Å². The van der Waals surface area contributed by atoms with E-state index in [1.807, 2.05) is 6.07 Å². The van der Waals surface area contributed by atoms with Crippen LogP contribution in [0.1, 0.15) is 22.3 Å². The SMILES string of the molecule is O=C(CCc1cccnc1)Nc1ccc(F)cc1C(=O)O. The van der Waals surface area contributed by atoms with Gasteiger partial charge in [-0.15, -0.1) is 0 Å². The Morgan fingerprint density at radius 2 is 2.10 bits per heavy atom. The van der Waals surface area contributed by atoms with Crippen LogP contribution in [0.5, 0.6) is 0 Å². The molecule has 6 heteroatoms. The van der Waals surface area contributed by atoms with Gasteiger partial charge >= 0.3 is 5.97 Å². The number of pyridine rings is 1. The second-order valence-corrected chi connectivity index (χ2v) is 4.40. The summed E-state index contributed by atoms with van der Waals surface area (Å²) in [6.07, 6.45) is 3.97. The maximum Gasteiger partial charge on any atom is 0.337 e. The predicted octanol–water partition coefficient (Wildman–Crippen LogP) is 2.49. The molecule has 0 spiro atoms. The Labute approximate surface area is 120 Å². The number of amides is 1. The second-order valence-electron chi connectivity index (χ2n) is 4.40. The van der Waals surface area contributed by atoms with Crippen LogP contribution >= 0.6 is 0 Å². The molecular formula is C15H13FN2O3. The minimum atomic E-state index is -1.29. The summed E-state index contributed by atoms with van der Waals surface area (Å²) < 4.78 is 13.0. The lowest BCUT2D eigenvalue weighted by Crippen LogP contribution is -2.15. The van der Waals surface area contributed by atoms with Crippen molar-refractivity contribution < 1.29 is 19.1 Å². The number of carbonyl (C=O) groups excluding carboxylic acids is 1. The van der Waals surface area contributed by atoms with Gasteiger partial charge in [0.05, 0.1) is 11.3 Å². The van der Waals surface area contributed by atoms with Crippen LogP contribution < -0.4 is 5.32 Å². The molecule has 1 heterocycles. The van der Waals surface area contributed by atoms with Crippen LogP contribution in [0, 0.1) is 5.82 Å². The highest BCUT2D eigenvalue weighted by Gasteiger charge is 2.13. The Hall–Kier alpha value is -2.76. The van der Waals surface area contributed by atoms with Crippen LogP contribution in [-0.2, 0) is 11.2 Å². The highest BCUT2D eigenvalue weighted by atomic mass is 19.1. The number of nitrogens with one attached hydrogen (secondary N) is 1. The molecule has 0 atom stereocenters. The number of rotatable bonds is 5. The van der Waals surface area contributed by atoms with Crippen molar-refractivity contribution in [3.8, 4) is 0 Å². The number of nitrogens with zero attached hydrogens (tertiary/aromatic N) is 1. The van der Waals surface area contributed by atoms with Crippen LogP contribution in [0.15, 0.2) is 42.7 Å². The molecule has 2 rings (SSSR count). The minimum absolute atomic E-state index is 0.0834. The van der Waals surface area contributed by atoms with Crippen molar-refractivity contribution in [3.05, 3.63) is 59.7 Å². The molecule has 1 aromatic carbocycles. The number of aromatic carboxylic acids is 1. The Bertz CT molecular complexity index is 659. The Kier molecular flexibility index (Phi) is 4.61. The van der Waals surface area contributed by atoms with Crippen molar-refractivity contribution in [2.24, 2.45) is 0 Å². The zero-order valence-corrected chi connectivity index (χ0v) is 11.0. The molecular weight excluding hydrogens is 275 g/mol. The van der Waals surface area contributed by atoms with Gasteiger partial charge in [0.2, 0.25) is 5.91 Å². The summed E-state index contributed by atoms with van der Waals surface area (Å²) >= 11 is 0. The summed E-state index contributed by atoms with van der Waals surface area (Å²) in [6.45, 7) is 0. The van der Waals surface area contributed by atoms with Crippen molar-refractivity contribution in [2.75, 3.05) is 5.32 Å². The summed E-state index contributed by atoms with van der Waals surface area (Å²) in [5, 5.41) is 11.5. The molecule has 0 radical (unpaired) electrons. The number of aryl methyl sites for hydroxylation is 1. The third-order valence-corrected chi connectivity index (χ3v) is 2.85. The van der Waals surface area contributed by atoms with Crippen LogP contribution in [-0.4, -0.2) is 22.0 Å². The van der Waals surface area contributed by atoms with E-state index < -0.39 is 11.8 Å². The van der Waals surface area contributed by atoms with Gasteiger partial charge in [-0.25, -0.2) is 9.18 Å². The van der Waals surface area contributed by atoms with E-state index in [1.54, 1.807) is 18.5 Å². The summed E-state index contributed by atoms with van der Waals surface area (Å²) in [6, 6.07) is 6.83. The zero-order valence-electron chi connectivity index (χ0n) is 11.0. The lowest BCUT2D eigenvalue weighted by atomic mass is 10.1. The molecule has 1 aromatic heterocycles. The first-order valence-corrected chi connectivity index (χ1v) is 6.28. The summed E-state index contributed by atoms with van der Waals surface area (Å²) in [5.74, 6) is -2.30. The van der Waals surface area contributed by atoms with Crippen molar-refractivity contribution >= 4 is 17.6 Å². The van der Waals surface area contributed by atoms with E-state index in [0.717, 1.165) is 17.7 Å². The molecule has 2 aromatic rings. The number of carbonyl (C=O) groups is 2. The third-order valence-electron chi connectivity index (χ3n) is 2.85. The van der Waals surface area contributed by atoms with Crippen molar-refractivity contribution in [2.45, 2.75) is 12.8 Å². The van der Waals surface area contributed by atoms with Crippen molar-refractivity contribution in [3.63, 3.8) is 0 Å². The van der Waals surface area contributed by atoms with Gasteiger partial charge in [-0.05, 0) is 36.2 Å². The van der Waals surface area contributed by atoms with E-state index in [9.17, 15) is 14.0 Å². The molecule has 0 aliphatic carbocycles. The van der Waals surface area contributed by atoms with E-state index in [1.165, 1.54) is 6.07 Å². The molecule has 0 saturated carbocycles. The highest BCUT2D eigenvalue weighted by Crippen LogP contribution is 2.17. The van der Waals surface area contributed by atoms with Crippen LogP contribution in [0.2, 0.25) is 0 Å². The topological polar surface area (TPSA) is 79.3 Å². The number of carboxylic acids is 1. The van der Waals surface area contributed by atoms with Gasteiger partial charge in [0.25, 0.3) is 0 Å². The number of carboxylic acid groups (broad SMARTS) is 1. The zero-order chi connectivity index (χ0) is 15.2. The van der Waals surface area contributed by atoms with E-state index in [4.69, 9.17) is 5.11 Å². The lowest BCUT2D eigenvalue weighted by molar-refractivity contribution is -0.116. The van der Waals surface area contributed by atoms with Crippen LogP contribution in [0.25, 0.3) is 0 Å². The smallest absolute Gasteiger partial charge is 0.337 e. The molecule has 108 valence electrons. The van der Waals surface area contributed by atoms with Crippen molar-refractivity contribution in [1.82, 2.24) is 4.98 Å². The van der Waals surface area contributed by atoms with Gasteiger partial charge in [0.15, 0.2) is 0 Å². The maximum atomic E-state index is 13.0. The molecule has 2 N–H and O–H groups in total. The van der Waals surface area contributed by atoms with E-state index in [2.05, 4.69) is 10.3 Å². The molecule has 21 heavy (non-hydrogen) atoms. The fraction of sp³-hybridized carbons (Fsp3) is 0.133. The standard InChI is InChI=1S/C15H13FN2O3/c16-11-4-5-13(12(8-11)15(20)21)18-14(19)6-3-10-2-1-7-17-9-10/h1-2,4-5,7-9H,3,6H2,(H,18,19)(H,20,21). The van der Waals surface area contributed by atoms with Gasteiger partial charge in [-0.3, -0.25) is 9.78 Å². The summed E-state index contributed by atoms with van der Waals surface area (Å²) in [4.78, 5) is 26.8. The molecule has 5 nitrogen and oxygen atoms in total. The van der Waals surface area contributed by atoms with Gasteiger partial charge in [0, 0.05) is 18.8 Å². The van der Waals surface area contributed by atoms with Crippen LogP contribution in [0.4, 0.5) is 10.1 Å². The molecule has 1 amide bonds. The molecule has 0 bridgehead atoms. The lowest BCUT2D eigenvalue weighted by Gasteiger charge is -2.08. The summed E-state index contributed by atoms with van der Waals surface area (Å²) in [5.41, 5.74) is 0.718. The normalized spacial score (nSPS) is 10.1. The monoisotopic (exact) mass is 288 g/mol. The van der Waals surface area contributed by atoms with Crippen molar-refractivity contribution in [1.29, 1.82) is 0 Å². The van der Waals surface area contributed by atoms with E-state index in [0.29, 0.717) is 6.42 Å². The Balaban J connectivity index is 2.01.